The molecule has 0 bridgehead atoms. The average Bonchev–Trinajstić information content (AvgIpc) is 1.30. The van der Waals surface area contributed by atoms with E-state index in [0.29, 0.717) is 0 Å². The maximum atomic E-state index is 9.40. The van der Waals surface area contributed by atoms with Gasteiger partial charge in [-0.05, 0) is 0 Å². The molecule has 0 aromatic heterocycles. The molecule has 0 saturated carbocycles. The van der Waals surface area contributed by atoms with Crippen molar-refractivity contribution in [2.45, 2.75) is 0 Å². The van der Waals surface area contributed by atoms with E-state index < -0.39 is 10.4 Å². The second-order valence-corrected chi connectivity index (χ2v) is 1.73. The van der Waals surface area contributed by atoms with Gasteiger partial charge in [0.1, 0.15) is 0 Å². The van der Waals surface area contributed by atoms with Gasteiger partial charge in [-0.1, -0.05) is 0 Å². The summed E-state index contributed by atoms with van der Waals surface area (Å²) in [7, 11) is -4.46. The van der Waals surface area contributed by atoms with Crippen molar-refractivity contribution in [2.24, 2.45) is 0 Å². The fraction of sp³-hybridized carbons (Fsp3) is 0. The Morgan fingerprint density at radius 3 is 2.00 bits per heavy atom. The van der Waals surface area contributed by atoms with Gasteiger partial charge in [-0.2, -0.15) is 0 Å². The van der Waals surface area contributed by atoms with Crippen LogP contribution in [0.5, 0.6) is 0 Å². The van der Waals surface area contributed by atoms with E-state index in [2.05, 4.69) is 24.6 Å². The molecule has 0 aliphatic heterocycles. The van der Waals surface area contributed by atoms with E-state index in [1.54, 1.807) is 0 Å². The topological polar surface area (TPSA) is 72.8 Å². The molecule has 0 spiro atoms. The molecule has 0 saturated heterocycles. The summed E-state index contributed by atoms with van der Waals surface area (Å²) in [4.78, 5) is 0. The Kier molecular flexibility index (Phi) is 2.74. The van der Waals surface area contributed by atoms with Crippen molar-refractivity contribution in [1.82, 2.24) is 0 Å². The molecule has 45 valence electrons. The molecule has 0 aromatic rings. The van der Waals surface area contributed by atoms with Crippen LogP contribution in [0.2, 0.25) is 0 Å². The van der Waals surface area contributed by atoms with E-state index in [0.717, 1.165) is 0 Å². The van der Waals surface area contributed by atoms with Gasteiger partial charge >= 0.3 is 48.0 Å². The zero-order chi connectivity index (χ0) is 5.91. The Labute approximate surface area is 48.6 Å². The van der Waals surface area contributed by atoms with E-state index >= 15 is 0 Å². The Morgan fingerprint density at radius 1 is 1.57 bits per heavy atom. The predicted molar refractivity (Wildman–Crippen MR) is 13.7 cm³/mol. The third kappa shape index (κ3) is 6.35. The van der Waals surface area contributed by atoms with Crippen LogP contribution in [0.25, 0.3) is 0 Å². The fourth-order valence-electron chi connectivity index (χ4n) is 0.0304. The zero-order valence-corrected chi connectivity index (χ0v) is 4.76. The van der Waals surface area contributed by atoms with E-state index in [9.17, 15) is 8.42 Å². The van der Waals surface area contributed by atoms with Gasteiger partial charge in [0, 0.05) is 0 Å². The van der Waals surface area contributed by atoms with Gasteiger partial charge in [-0.15, -0.1) is 0 Å². The number of hydrogen-bond donors (Lipinski definition) is 1. The Hall–Kier alpha value is 0.349. The SMILES string of the molecule is O=S(=O)(O)O[O][Fe]. The van der Waals surface area contributed by atoms with Crippen molar-refractivity contribution in [3.05, 3.63) is 0 Å². The predicted octanol–water partition coefficient (Wildman–Crippen LogP) is -0.801. The minimum atomic E-state index is -4.46. The van der Waals surface area contributed by atoms with Crippen LogP contribution in [0.15, 0.2) is 0 Å². The van der Waals surface area contributed by atoms with Crippen molar-refractivity contribution in [3.8, 4) is 0 Å². The summed E-state index contributed by atoms with van der Waals surface area (Å²) in [5.41, 5.74) is 0. The molecule has 0 aromatic carbocycles. The zero-order valence-electron chi connectivity index (χ0n) is 2.84. The summed E-state index contributed by atoms with van der Waals surface area (Å²) in [6.45, 7) is 0. The van der Waals surface area contributed by atoms with Crippen molar-refractivity contribution < 1.29 is 37.6 Å². The van der Waals surface area contributed by atoms with Crippen molar-refractivity contribution >= 4 is 10.4 Å². The number of hydrogen-bond acceptors (Lipinski definition) is 4. The third-order valence-corrected chi connectivity index (χ3v) is 0.556. The van der Waals surface area contributed by atoms with E-state index in [1.807, 2.05) is 0 Å². The van der Waals surface area contributed by atoms with E-state index in [4.69, 9.17) is 4.55 Å². The van der Waals surface area contributed by atoms with Crippen molar-refractivity contribution in [2.75, 3.05) is 0 Å². The third-order valence-electron chi connectivity index (χ3n) is 0.110. The molecule has 0 radical (unpaired) electrons. The second-order valence-electron chi connectivity index (χ2n) is 0.555. The van der Waals surface area contributed by atoms with Crippen LogP contribution in [-0.2, 0) is 35.0 Å². The molecular weight excluding hydrogens is 168 g/mol. The van der Waals surface area contributed by atoms with Crippen LogP contribution < -0.4 is 0 Å². The van der Waals surface area contributed by atoms with E-state index in [-0.39, 0.29) is 0 Å². The summed E-state index contributed by atoms with van der Waals surface area (Å²) in [6.07, 6.45) is 0. The maximum absolute atomic E-state index is 9.40. The molecule has 0 aliphatic rings. The van der Waals surface area contributed by atoms with E-state index in [1.165, 1.54) is 0 Å². The van der Waals surface area contributed by atoms with Crippen LogP contribution in [0.4, 0.5) is 0 Å². The van der Waals surface area contributed by atoms with Gasteiger partial charge in [0.15, 0.2) is 0 Å². The molecule has 7 heavy (non-hydrogen) atoms. The first-order valence-corrected chi connectivity index (χ1v) is 2.81. The molecule has 7 heteroatoms. The molecular formula is HFeO5S. The Bertz CT molecular complexity index is 121. The van der Waals surface area contributed by atoms with Crippen molar-refractivity contribution in [1.29, 1.82) is 0 Å². The molecule has 0 fully saturated rings. The first-order valence-electron chi connectivity index (χ1n) is 0.994. The molecule has 0 unspecified atom stereocenters. The summed E-state index contributed by atoms with van der Waals surface area (Å²) < 4.78 is 32.9. The molecule has 0 rings (SSSR count). The van der Waals surface area contributed by atoms with Crippen LogP contribution in [0.1, 0.15) is 0 Å². The normalized spacial score (nSPS) is 11.7. The van der Waals surface area contributed by atoms with Crippen LogP contribution in [0.3, 0.4) is 0 Å². The Balaban J connectivity index is 3.60. The monoisotopic (exact) mass is 169 g/mol. The molecule has 0 atom stereocenters. The average molecular weight is 169 g/mol. The molecule has 1 N–H and O–H groups in total. The summed E-state index contributed by atoms with van der Waals surface area (Å²) in [5.74, 6) is 0. The van der Waals surface area contributed by atoms with Crippen LogP contribution in [-0.4, -0.2) is 13.0 Å². The molecule has 0 amide bonds. The molecule has 0 heterocycles. The summed E-state index contributed by atoms with van der Waals surface area (Å²) >= 11 is 2.51. The summed E-state index contributed by atoms with van der Waals surface area (Å²) in [6, 6.07) is 0. The first-order chi connectivity index (χ1) is 3.06. The molecule has 0 aliphatic carbocycles. The van der Waals surface area contributed by atoms with Crippen molar-refractivity contribution in [3.63, 3.8) is 0 Å². The van der Waals surface area contributed by atoms with Crippen LogP contribution in [0, 0.1) is 0 Å². The second kappa shape index (κ2) is 2.61. The van der Waals surface area contributed by atoms with Gasteiger partial charge in [-0.25, -0.2) is 0 Å². The first kappa shape index (κ1) is 7.35. The number of rotatable bonds is 2. The minimum absolute atomic E-state index is 2.51. The summed E-state index contributed by atoms with van der Waals surface area (Å²) in [5, 5.41) is 0. The van der Waals surface area contributed by atoms with Gasteiger partial charge in [0.25, 0.3) is 0 Å². The van der Waals surface area contributed by atoms with Gasteiger partial charge in [0.05, 0.1) is 0 Å². The van der Waals surface area contributed by atoms with Gasteiger partial charge in [0.2, 0.25) is 0 Å². The fourth-order valence-corrected chi connectivity index (χ4v) is 0.376. The Morgan fingerprint density at radius 2 is 2.00 bits per heavy atom. The van der Waals surface area contributed by atoms with Crippen LogP contribution >= 0.6 is 0 Å². The van der Waals surface area contributed by atoms with Gasteiger partial charge in [-0.3, -0.25) is 0 Å². The quantitative estimate of drug-likeness (QED) is 0.253. The molecule has 5 nitrogen and oxygen atoms in total. The standard InChI is InChI=1S/Fe.H2O5S/c;1-5-6(2,3)4/h;1H,(H,2,3,4)/q+1;/p-1. The van der Waals surface area contributed by atoms with Gasteiger partial charge < -0.3 is 0 Å².